The number of hydrogen-bond acceptors (Lipinski definition) is 1. The van der Waals surface area contributed by atoms with E-state index >= 15 is 0 Å². The summed E-state index contributed by atoms with van der Waals surface area (Å²) in [7, 11) is 0. The van der Waals surface area contributed by atoms with Crippen LogP contribution in [-0.4, -0.2) is 0 Å². The molecule has 3 aromatic rings. The molecule has 0 radical (unpaired) electrons. The molecule has 0 aliphatic carbocycles. The van der Waals surface area contributed by atoms with Crippen molar-refractivity contribution in [1.29, 1.82) is 0 Å². The second kappa shape index (κ2) is 6.27. The first-order valence-corrected chi connectivity index (χ1v) is 7.94. The zero-order valence-electron chi connectivity index (χ0n) is 10.9. The number of rotatable bonds is 3. The number of benzene rings is 3. The minimum atomic E-state index is 0.414. The van der Waals surface area contributed by atoms with Crippen molar-refractivity contribution in [2.75, 3.05) is 0 Å². The molecule has 106 valence electrons. The van der Waals surface area contributed by atoms with Gasteiger partial charge in [-0.15, -0.1) is 0 Å². The van der Waals surface area contributed by atoms with Crippen molar-refractivity contribution in [3.63, 3.8) is 0 Å². The Labute approximate surface area is 141 Å². The summed E-state index contributed by atoms with van der Waals surface area (Å²) in [6.45, 7) is 0.414. The van der Waals surface area contributed by atoms with Crippen molar-refractivity contribution in [3.05, 3.63) is 74.7 Å². The van der Waals surface area contributed by atoms with E-state index < -0.39 is 0 Å². The molecular formula is C17H11BrCl2O. The smallest absolute Gasteiger partial charge is 0.127 e. The Bertz CT molecular complexity index is 802. The molecule has 4 heteroatoms. The van der Waals surface area contributed by atoms with Crippen LogP contribution in [0.3, 0.4) is 0 Å². The van der Waals surface area contributed by atoms with Gasteiger partial charge in [0.25, 0.3) is 0 Å². The minimum absolute atomic E-state index is 0.414. The van der Waals surface area contributed by atoms with E-state index in [1.54, 1.807) is 0 Å². The predicted molar refractivity (Wildman–Crippen MR) is 92.4 cm³/mol. The second-order valence-corrected chi connectivity index (χ2v) is 6.35. The summed E-state index contributed by atoms with van der Waals surface area (Å²) in [5.41, 5.74) is 0.943. The molecule has 0 spiro atoms. The van der Waals surface area contributed by atoms with Gasteiger partial charge in [0.15, 0.2) is 0 Å². The molecule has 0 saturated heterocycles. The van der Waals surface area contributed by atoms with Gasteiger partial charge >= 0.3 is 0 Å². The Hall–Kier alpha value is -1.22. The van der Waals surface area contributed by atoms with Crippen molar-refractivity contribution in [2.24, 2.45) is 0 Å². The topological polar surface area (TPSA) is 9.23 Å². The van der Waals surface area contributed by atoms with Crippen LogP contribution in [-0.2, 0) is 6.61 Å². The molecule has 0 aromatic heterocycles. The Morgan fingerprint density at radius 2 is 1.62 bits per heavy atom. The van der Waals surface area contributed by atoms with Gasteiger partial charge < -0.3 is 4.74 Å². The van der Waals surface area contributed by atoms with Crippen LogP contribution < -0.4 is 4.74 Å². The van der Waals surface area contributed by atoms with Crippen LogP contribution >= 0.6 is 39.1 Å². The van der Waals surface area contributed by atoms with Gasteiger partial charge in [-0.1, -0.05) is 69.5 Å². The SMILES string of the molecule is Clc1cc(Br)ccc1COc1ccc(Cl)c2ccccc12. The lowest BCUT2D eigenvalue weighted by molar-refractivity contribution is 0.310. The largest absolute Gasteiger partial charge is 0.488 e. The van der Waals surface area contributed by atoms with Gasteiger partial charge in [-0.2, -0.15) is 0 Å². The van der Waals surface area contributed by atoms with Crippen LogP contribution in [0.1, 0.15) is 5.56 Å². The maximum Gasteiger partial charge on any atom is 0.127 e. The molecule has 0 atom stereocenters. The van der Waals surface area contributed by atoms with E-state index in [0.29, 0.717) is 11.6 Å². The number of fused-ring (bicyclic) bond motifs is 1. The van der Waals surface area contributed by atoms with Crippen molar-refractivity contribution < 1.29 is 4.74 Å². The van der Waals surface area contributed by atoms with Crippen LogP contribution in [0, 0.1) is 0 Å². The van der Waals surface area contributed by atoms with E-state index in [1.807, 2.05) is 54.6 Å². The van der Waals surface area contributed by atoms with Gasteiger partial charge in [-0.05, 0) is 24.3 Å². The minimum Gasteiger partial charge on any atom is -0.488 e. The molecular weight excluding hydrogens is 371 g/mol. The zero-order chi connectivity index (χ0) is 14.8. The number of ether oxygens (including phenoxy) is 1. The molecule has 0 heterocycles. The van der Waals surface area contributed by atoms with Gasteiger partial charge in [0.05, 0.1) is 0 Å². The number of halogens is 3. The van der Waals surface area contributed by atoms with E-state index in [2.05, 4.69) is 15.9 Å². The molecule has 3 rings (SSSR count). The Kier molecular flexibility index (Phi) is 4.39. The average molecular weight is 382 g/mol. The summed E-state index contributed by atoms with van der Waals surface area (Å²) < 4.78 is 6.87. The standard InChI is InChI=1S/C17H11BrCl2O/c18-12-6-5-11(16(20)9-12)10-21-17-8-7-15(19)13-3-1-2-4-14(13)17/h1-9H,10H2. The normalized spacial score (nSPS) is 10.8. The highest BCUT2D eigenvalue weighted by molar-refractivity contribution is 9.10. The fourth-order valence-corrected chi connectivity index (χ4v) is 3.11. The van der Waals surface area contributed by atoms with Crippen molar-refractivity contribution in [3.8, 4) is 5.75 Å². The Morgan fingerprint density at radius 1 is 0.857 bits per heavy atom. The third kappa shape index (κ3) is 3.18. The lowest BCUT2D eigenvalue weighted by Crippen LogP contribution is -1.97. The molecule has 0 bridgehead atoms. The van der Waals surface area contributed by atoms with Crippen molar-refractivity contribution >= 4 is 49.9 Å². The van der Waals surface area contributed by atoms with Gasteiger partial charge in [0.1, 0.15) is 12.4 Å². The van der Waals surface area contributed by atoms with E-state index in [9.17, 15) is 0 Å². The molecule has 3 aromatic carbocycles. The molecule has 0 aliphatic rings. The lowest BCUT2D eigenvalue weighted by Gasteiger charge is -2.11. The molecule has 1 nitrogen and oxygen atoms in total. The summed E-state index contributed by atoms with van der Waals surface area (Å²) in [6.07, 6.45) is 0. The van der Waals surface area contributed by atoms with Gasteiger partial charge in [0, 0.05) is 30.9 Å². The highest BCUT2D eigenvalue weighted by atomic mass is 79.9. The van der Waals surface area contributed by atoms with E-state index in [-0.39, 0.29) is 0 Å². The third-order valence-electron chi connectivity index (χ3n) is 3.23. The van der Waals surface area contributed by atoms with Crippen LogP contribution in [0.25, 0.3) is 10.8 Å². The summed E-state index contributed by atoms with van der Waals surface area (Å²) in [4.78, 5) is 0. The van der Waals surface area contributed by atoms with Crippen LogP contribution in [0.4, 0.5) is 0 Å². The van der Waals surface area contributed by atoms with Crippen molar-refractivity contribution in [2.45, 2.75) is 6.61 Å². The second-order valence-electron chi connectivity index (χ2n) is 4.62. The fourth-order valence-electron chi connectivity index (χ4n) is 2.15. The molecule has 0 N–H and O–H groups in total. The molecule has 0 amide bonds. The van der Waals surface area contributed by atoms with Crippen molar-refractivity contribution in [1.82, 2.24) is 0 Å². The average Bonchev–Trinajstić information content (AvgIpc) is 2.48. The van der Waals surface area contributed by atoms with E-state index in [4.69, 9.17) is 27.9 Å². The molecule has 0 aliphatic heterocycles. The quantitative estimate of drug-likeness (QED) is 0.503. The van der Waals surface area contributed by atoms with E-state index in [1.165, 1.54) is 0 Å². The van der Waals surface area contributed by atoms with Crippen LogP contribution in [0.15, 0.2) is 59.1 Å². The first-order chi connectivity index (χ1) is 10.1. The molecule has 0 saturated carbocycles. The summed E-state index contributed by atoms with van der Waals surface area (Å²) in [6, 6.07) is 17.4. The molecule has 21 heavy (non-hydrogen) atoms. The summed E-state index contributed by atoms with van der Waals surface area (Å²) >= 11 is 15.8. The highest BCUT2D eigenvalue weighted by Crippen LogP contribution is 2.32. The summed E-state index contributed by atoms with van der Waals surface area (Å²) in [5.74, 6) is 0.800. The maximum absolute atomic E-state index is 6.21. The molecule has 0 unspecified atom stereocenters. The fraction of sp³-hybridized carbons (Fsp3) is 0.0588. The lowest BCUT2D eigenvalue weighted by atomic mass is 10.1. The first-order valence-electron chi connectivity index (χ1n) is 6.39. The maximum atomic E-state index is 6.21. The Morgan fingerprint density at radius 3 is 2.38 bits per heavy atom. The van der Waals surface area contributed by atoms with Crippen LogP contribution in [0.5, 0.6) is 5.75 Å². The predicted octanol–water partition coefficient (Wildman–Crippen LogP) is 6.49. The van der Waals surface area contributed by atoms with Gasteiger partial charge in [-0.3, -0.25) is 0 Å². The monoisotopic (exact) mass is 380 g/mol. The first kappa shape index (κ1) is 14.7. The van der Waals surface area contributed by atoms with Crippen LogP contribution in [0.2, 0.25) is 10.0 Å². The summed E-state index contributed by atoms with van der Waals surface area (Å²) in [5, 5.41) is 3.39. The Balaban J connectivity index is 1.90. The number of hydrogen-bond donors (Lipinski definition) is 0. The highest BCUT2D eigenvalue weighted by Gasteiger charge is 2.07. The van der Waals surface area contributed by atoms with E-state index in [0.717, 1.165) is 31.6 Å². The zero-order valence-corrected chi connectivity index (χ0v) is 14.0. The molecule has 0 fully saturated rings. The van der Waals surface area contributed by atoms with Gasteiger partial charge in [0.2, 0.25) is 0 Å². The third-order valence-corrected chi connectivity index (χ3v) is 4.40. The van der Waals surface area contributed by atoms with Gasteiger partial charge in [-0.25, -0.2) is 0 Å².